The van der Waals surface area contributed by atoms with E-state index >= 15 is 0 Å². The molecule has 2 rings (SSSR count). The zero-order valence-corrected chi connectivity index (χ0v) is 12.1. The first kappa shape index (κ1) is 13.3. The van der Waals surface area contributed by atoms with Gasteiger partial charge in [0.15, 0.2) is 6.61 Å². The Kier molecular flexibility index (Phi) is 4.21. The number of nitrogens with one attached hydrogen (secondary N) is 1. The highest BCUT2D eigenvalue weighted by Crippen LogP contribution is 2.38. The highest BCUT2D eigenvalue weighted by Gasteiger charge is 2.40. The number of ether oxygens (including phenoxy) is 1. The molecule has 1 N–H and O–H groups in total. The number of rotatable bonds is 4. The summed E-state index contributed by atoms with van der Waals surface area (Å²) in [4.78, 5) is 23.0. The van der Waals surface area contributed by atoms with Gasteiger partial charge in [-0.2, -0.15) is 0 Å². The molecule has 1 amide bonds. The lowest BCUT2D eigenvalue weighted by atomic mass is 10.3. The molecule has 1 aliphatic carbocycles. The molecule has 5 heteroatoms. The third-order valence-corrected chi connectivity index (χ3v) is 3.85. The van der Waals surface area contributed by atoms with Crippen molar-refractivity contribution in [2.75, 3.05) is 11.9 Å². The van der Waals surface area contributed by atoms with Gasteiger partial charge in [0.25, 0.3) is 5.91 Å². The number of amides is 1. The van der Waals surface area contributed by atoms with E-state index in [-0.39, 0.29) is 24.4 Å². The Labute approximate surface area is 119 Å². The standard InChI is InChI=1S/C13H14INO3/c1-8-6-9(8)13(17)18-7-12(16)15-11-5-3-2-4-10(11)14/h2-5,8-9H,6-7H2,1H3,(H,15,16)/t8-,9+/m0/s1. The molecule has 0 unspecified atom stereocenters. The number of carbonyl (C=O) groups is 2. The Morgan fingerprint density at radius 3 is 2.72 bits per heavy atom. The van der Waals surface area contributed by atoms with Crippen LogP contribution in [-0.4, -0.2) is 18.5 Å². The van der Waals surface area contributed by atoms with Crippen LogP contribution in [0.5, 0.6) is 0 Å². The average Bonchev–Trinajstić information content (AvgIpc) is 3.06. The monoisotopic (exact) mass is 359 g/mol. The molecule has 0 spiro atoms. The third kappa shape index (κ3) is 3.44. The Bertz CT molecular complexity index is 475. The number of benzene rings is 1. The Morgan fingerprint density at radius 2 is 2.11 bits per heavy atom. The van der Waals surface area contributed by atoms with Crippen molar-refractivity contribution in [2.24, 2.45) is 11.8 Å². The summed E-state index contributed by atoms with van der Waals surface area (Å²) in [6.45, 7) is 1.78. The van der Waals surface area contributed by atoms with Gasteiger partial charge in [0.1, 0.15) is 0 Å². The number of halogens is 1. The van der Waals surface area contributed by atoms with Gasteiger partial charge in [-0.05, 0) is 47.1 Å². The molecule has 1 saturated carbocycles. The summed E-state index contributed by atoms with van der Waals surface area (Å²) in [7, 11) is 0. The molecule has 96 valence electrons. The van der Waals surface area contributed by atoms with Crippen molar-refractivity contribution in [3.63, 3.8) is 0 Å². The second-order valence-corrected chi connectivity index (χ2v) is 5.62. The summed E-state index contributed by atoms with van der Waals surface area (Å²) in [5, 5.41) is 2.71. The largest absolute Gasteiger partial charge is 0.455 e. The normalized spacial score (nSPS) is 21.2. The first-order valence-corrected chi connectivity index (χ1v) is 6.87. The van der Waals surface area contributed by atoms with E-state index in [9.17, 15) is 9.59 Å². The van der Waals surface area contributed by atoms with Crippen molar-refractivity contribution in [1.82, 2.24) is 0 Å². The van der Waals surface area contributed by atoms with Crippen LogP contribution in [0.4, 0.5) is 5.69 Å². The molecule has 1 aromatic rings. The smallest absolute Gasteiger partial charge is 0.309 e. The summed E-state index contributed by atoms with van der Waals surface area (Å²) in [6, 6.07) is 7.44. The van der Waals surface area contributed by atoms with Crippen LogP contribution in [0.1, 0.15) is 13.3 Å². The maximum absolute atomic E-state index is 11.6. The maximum Gasteiger partial charge on any atom is 0.309 e. The van der Waals surface area contributed by atoms with Crippen LogP contribution >= 0.6 is 22.6 Å². The van der Waals surface area contributed by atoms with E-state index < -0.39 is 0 Å². The fourth-order valence-electron chi connectivity index (χ4n) is 1.64. The summed E-state index contributed by atoms with van der Waals surface area (Å²) in [5.41, 5.74) is 0.735. The van der Waals surface area contributed by atoms with Crippen molar-refractivity contribution in [2.45, 2.75) is 13.3 Å². The van der Waals surface area contributed by atoms with E-state index in [1.807, 2.05) is 31.2 Å². The van der Waals surface area contributed by atoms with Crippen molar-refractivity contribution >= 4 is 40.2 Å². The topological polar surface area (TPSA) is 55.4 Å². The van der Waals surface area contributed by atoms with Gasteiger partial charge in [0, 0.05) is 3.57 Å². The molecule has 0 bridgehead atoms. The second-order valence-electron chi connectivity index (χ2n) is 4.46. The van der Waals surface area contributed by atoms with Gasteiger partial charge in [0.05, 0.1) is 11.6 Å². The number of esters is 1. The molecule has 4 nitrogen and oxygen atoms in total. The Hall–Kier alpha value is -1.11. The first-order valence-electron chi connectivity index (χ1n) is 5.79. The van der Waals surface area contributed by atoms with Crippen LogP contribution in [0.2, 0.25) is 0 Å². The van der Waals surface area contributed by atoms with Crippen LogP contribution in [0.15, 0.2) is 24.3 Å². The zero-order chi connectivity index (χ0) is 13.1. The number of carbonyl (C=O) groups excluding carboxylic acids is 2. The van der Waals surface area contributed by atoms with E-state index in [1.165, 1.54) is 0 Å². The van der Waals surface area contributed by atoms with E-state index in [0.29, 0.717) is 5.92 Å². The molecule has 1 aliphatic rings. The van der Waals surface area contributed by atoms with Gasteiger partial charge in [-0.3, -0.25) is 9.59 Å². The summed E-state index contributed by atoms with van der Waals surface area (Å²) in [6.07, 6.45) is 0.872. The second kappa shape index (κ2) is 5.69. The lowest BCUT2D eigenvalue weighted by Gasteiger charge is -2.07. The molecular weight excluding hydrogens is 345 g/mol. The molecule has 18 heavy (non-hydrogen) atoms. The molecule has 0 heterocycles. The van der Waals surface area contributed by atoms with Crippen LogP contribution < -0.4 is 5.32 Å². The van der Waals surface area contributed by atoms with Gasteiger partial charge in [-0.25, -0.2) is 0 Å². The van der Waals surface area contributed by atoms with Gasteiger partial charge < -0.3 is 10.1 Å². The van der Waals surface area contributed by atoms with Crippen molar-refractivity contribution in [3.05, 3.63) is 27.8 Å². The van der Waals surface area contributed by atoms with E-state index in [1.54, 1.807) is 0 Å². The molecule has 2 atom stereocenters. The summed E-state index contributed by atoms with van der Waals surface area (Å²) in [5.74, 6) is -0.175. The van der Waals surface area contributed by atoms with Crippen molar-refractivity contribution in [3.8, 4) is 0 Å². The summed E-state index contributed by atoms with van der Waals surface area (Å²) < 4.78 is 5.91. The lowest BCUT2D eigenvalue weighted by Crippen LogP contribution is -2.22. The van der Waals surface area contributed by atoms with Gasteiger partial charge in [-0.1, -0.05) is 19.1 Å². The lowest BCUT2D eigenvalue weighted by molar-refractivity contribution is -0.148. The fourth-order valence-corrected chi connectivity index (χ4v) is 2.17. The van der Waals surface area contributed by atoms with Gasteiger partial charge in [0.2, 0.25) is 0 Å². The Balaban J connectivity index is 1.79. The van der Waals surface area contributed by atoms with Crippen LogP contribution in [-0.2, 0) is 14.3 Å². The predicted octanol–water partition coefficient (Wildman–Crippen LogP) is 2.43. The van der Waals surface area contributed by atoms with Gasteiger partial charge in [-0.15, -0.1) is 0 Å². The SMILES string of the molecule is C[C@H]1C[C@H]1C(=O)OCC(=O)Nc1ccccc1I. The zero-order valence-electron chi connectivity index (χ0n) is 9.98. The first-order chi connectivity index (χ1) is 8.58. The average molecular weight is 359 g/mol. The highest BCUT2D eigenvalue weighted by atomic mass is 127. The minimum atomic E-state index is -0.305. The molecular formula is C13H14INO3. The van der Waals surface area contributed by atoms with Crippen LogP contribution in [0, 0.1) is 15.4 Å². The minimum Gasteiger partial charge on any atom is -0.455 e. The van der Waals surface area contributed by atoms with E-state index in [4.69, 9.17) is 4.74 Å². The van der Waals surface area contributed by atoms with E-state index in [2.05, 4.69) is 27.9 Å². The van der Waals surface area contributed by atoms with Crippen LogP contribution in [0.3, 0.4) is 0 Å². The molecule has 0 aromatic heterocycles. The number of hydrogen-bond donors (Lipinski definition) is 1. The molecule has 1 aromatic carbocycles. The quantitative estimate of drug-likeness (QED) is 0.664. The number of anilines is 1. The molecule has 0 saturated heterocycles. The van der Waals surface area contributed by atoms with Gasteiger partial charge >= 0.3 is 5.97 Å². The van der Waals surface area contributed by atoms with E-state index in [0.717, 1.165) is 15.7 Å². The Morgan fingerprint density at radius 1 is 1.44 bits per heavy atom. The molecule has 1 fully saturated rings. The number of para-hydroxylation sites is 1. The third-order valence-electron chi connectivity index (χ3n) is 2.91. The molecule has 0 radical (unpaired) electrons. The summed E-state index contributed by atoms with van der Waals surface area (Å²) >= 11 is 2.14. The van der Waals surface area contributed by atoms with Crippen LogP contribution in [0.25, 0.3) is 0 Å². The van der Waals surface area contributed by atoms with Crippen molar-refractivity contribution < 1.29 is 14.3 Å². The fraction of sp³-hybridized carbons (Fsp3) is 0.385. The molecule has 0 aliphatic heterocycles. The predicted molar refractivity (Wildman–Crippen MR) is 76.0 cm³/mol. The van der Waals surface area contributed by atoms with Crippen molar-refractivity contribution in [1.29, 1.82) is 0 Å². The minimum absolute atomic E-state index is 0.00494. The highest BCUT2D eigenvalue weighted by molar-refractivity contribution is 14.1. The maximum atomic E-state index is 11.6. The number of hydrogen-bond acceptors (Lipinski definition) is 3.